The number of carboxylic acids is 1. The number of ether oxygens (including phenoxy) is 1. The zero-order valence-electron chi connectivity index (χ0n) is 20.3. The number of aliphatic carboxylic acids is 1. The number of carboxylic acid groups (broad SMARTS) is 1. The predicted molar refractivity (Wildman–Crippen MR) is 135 cm³/mol. The van der Waals surface area contributed by atoms with Gasteiger partial charge in [0.25, 0.3) is 5.91 Å². The number of nitrogens with one attached hydrogen (secondary N) is 2. The predicted octanol–water partition coefficient (Wildman–Crippen LogP) is 3.68. The molecule has 1 atom stereocenters. The maximum absolute atomic E-state index is 14.6. The lowest BCUT2D eigenvalue weighted by molar-refractivity contribution is -0.141. The minimum Gasteiger partial charge on any atom is -0.480 e. The molecule has 196 valence electrons. The topological polar surface area (TPSA) is 122 Å². The minimum atomic E-state index is -1.20. The Hall–Kier alpha value is -4.80. The number of carbonyl (C=O) groups is 3. The lowest BCUT2D eigenvalue weighted by Gasteiger charge is -2.15. The van der Waals surface area contributed by atoms with Gasteiger partial charge in [0.05, 0.1) is 6.61 Å². The Morgan fingerprint density at radius 3 is 2.55 bits per heavy atom. The molecule has 4 rings (SSSR count). The number of fused-ring (bicyclic) bond motifs is 1. The van der Waals surface area contributed by atoms with Gasteiger partial charge in [0.1, 0.15) is 41.4 Å². The standard InChI is InChI=1S/C27H24F2N4O5/c1-2-38-23(34)15-30-25-24(19-14-18(28)8-9-20(19)29)32-22-13-17(10-11-33(22)25)26(35)31-21(27(36)37)12-16-6-4-3-5-7-16/h3-11,13-14,21,30H,2,12,15H2,1H3,(H,31,35)(H,36,37). The number of hydrogen-bond acceptors (Lipinski definition) is 6. The summed E-state index contributed by atoms with van der Waals surface area (Å²) in [6.07, 6.45) is 1.54. The first kappa shape index (κ1) is 26.3. The molecular weight excluding hydrogens is 498 g/mol. The van der Waals surface area contributed by atoms with Crippen LogP contribution < -0.4 is 10.6 Å². The van der Waals surface area contributed by atoms with E-state index in [1.165, 1.54) is 22.7 Å². The van der Waals surface area contributed by atoms with Gasteiger partial charge in [-0.25, -0.2) is 18.6 Å². The second-order valence-corrected chi connectivity index (χ2v) is 8.29. The quantitative estimate of drug-likeness (QED) is 0.272. The molecule has 2 aromatic heterocycles. The Morgan fingerprint density at radius 1 is 1.08 bits per heavy atom. The van der Waals surface area contributed by atoms with Gasteiger partial charge in [-0.2, -0.15) is 0 Å². The van der Waals surface area contributed by atoms with Crippen LogP contribution >= 0.6 is 0 Å². The van der Waals surface area contributed by atoms with Gasteiger partial charge in [0.15, 0.2) is 0 Å². The van der Waals surface area contributed by atoms with Gasteiger partial charge < -0.3 is 20.5 Å². The van der Waals surface area contributed by atoms with Crippen molar-refractivity contribution in [2.75, 3.05) is 18.5 Å². The molecule has 9 nitrogen and oxygen atoms in total. The highest BCUT2D eigenvalue weighted by Crippen LogP contribution is 2.31. The van der Waals surface area contributed by atoms with Gasteiger partial charge in [0, 0.05) is 23.7 Å². The second kappa shape index (κ2) is 11.5. The summed E-state index contributed by atoms with van der Waals surface area (Å²) >= 11 is 0. The van der Waals surface area contributed by atoms with E-state index in [1.807, 2.05) is 0 Å². The molecule has 2 aromatic carbocycles. The summed E-state index contributed by atoms with van der Waals surface area (Å²) in [5, 5.41) is 15.0. The molecule has 0 aliphatic heterocycles. The summed E-state index contributed by atoms with van der Waals surface area (Å²) in [5.74, 6) is -3.67. The number of aromatic nitrogens is 2. The summed E-state index contributed by atoms with van der Waals surface area (Å²) in [6.45, 7) is 1.55. The molecule has 1 amide bonds. The number of amides is 1. The van der Waals surface area contributed by atoms with Crippen molar-refractivity contribution in [3.63, 3.8) is 0 Å². The summed E-state index contributed by atoms with van der Waals surface area (Å²) in [6, 6.07) is 13.4. The second-order valence-electron chi connectivity index (χ2n) is 8.29. The number of carbonyl (C=O) groups excluding carboxylic acids is 2. The summed E-state index contributed by atoms with van der Waals surface area (Å²) in [5.41, 5.74) is 0.877. The Morgan fingerprint density at radius 2 is 1.84 bits per heavy atom. The van der Waals surface area contributed by atoms with Gasteiger partial charge in [0.2, 0.25) is 0 Å². The largest absolute Gasteiger partial charge is 0.480 e. The van der Waals surface area contributed by atoms with Crippen molar-refractivity contribution in [1.82, 2.24) is 14.7 Å². The van der Waals surface area contributed by atoms with Crippen molar-refractivity contribution in [3.8, 4) is 11.3 Å². The summed E-state index contributed by atoms with van der Waals surface area (Å²) < 4.78 is 35.0. The van der Waals surface area contributed by atoms with Crippen LogP contribution in [0, 0.1) is 11.6 Å². The van der Waals surface area contributed by atoms with Crippen molar-refractivity contribution in [2.45, 2.75) is 19.4 Å². The number of halogens is 2. The zero-order valence-corrected chi connectivity index (χ0v) is 20.3. The van der Waals surface area contributed by atoms with E-state index in [2.05, 4.69) is 15.6 Å². The van der Waals surface area contributed by atoms with Gasteiger partial charge in [-0.05, 0) is 42.8 Å². The average molecular weight is 523 g/mol. The fourth-order valence-corrected chi connectivity index (χ4v) is 3.88. The Bertz CT molecular complexity index is 1490. The Labute approximate surface area is 216 Å². The number of rotatable bonds is 10. The number of imidazole rings is 1. The van der Waals surface area contributed by atoms with Crippen molar-refractivity contribution in [3.05, 3.63) is 89.6 Å². The van der Waals surface area contributed by atoms with Crippen LogP contribution in [0.25, 0.3) is 16.9 Å². The molecule has 11 heteroatoms. The van der Waals surface area contributed by atoms with Crippen LogP contribution in [0.2, 0.25) is 0 Å². The van der Waals surface area contributed by atoms with E-state index >= 15 is 0 Å². The van der Waals surface area contributed by atoms with E-state index in [0.29, 0.717) is 0 Å². The van der Waals surface area contributed by atoms with E-state index in [4.69, 9.17) is 4.74 Å². The van der Waals surface area contributed by atoms with E-state index in [9.17, 15) is 28.3 Å². The molecule has 0 aliphatic carbocycles. The molecule has 0 radical (unpaired) electrons. The van der Waals surface area contributed by atoms with Crippen molar-refractivity contribution < 1.29 is 33.0 Å². The molecule has 38 heavy (non-hydrogen) atoms. The number of anilines is 1. The molecular formula is C27H24F2N4O5. The molecule has 0 saturated heterocycles. The lowest BCUT2D eigenvalue weighted by atomic mass is 10.1. The first-order chi connectivity index (χ1) is 18.3. The molecule has 0 saturated carbocycles. The van der Waals surface area contributed by atoms with Crippen molar-refractivity contribution >= 4 is 29.3 Å². The third kappa shape index (κ3) is 5.94. The molecule has 4 aromatic rings. The maximum atomic E-state index is 14.6. The van der Waals surface area contributed by atoms with Crippen LogP contribution in [-0.2, 0) is 20.7 Å². The minimum absolute atomic E-state index is 0.0105. The van der Waals surface area contributed by atoms with Crippen LogP contribution in [0.4, 0.5) is 14.6 Å². The molecule has 1 unspecified atom stereocenters. The van der Waals surface area contributed by atoms with Gasteiger partial charge in [-0.1, -0.05) is 30.3 Å². The monoisotopic (exact) mass is 522 g/mol. The van der Waals surface area contributed by atoms with Crippen LogP contribution in [0.3, 0.4) is 0 Å². The van der Waals surface area contributed by atoms with E-state index < -0.39 is 35.5 Å². The molecule has 2 heterocycles. The number of hydrogen-bond donors (Lipinski definition) is 3. The third-order valence-corrected chi connectivity index (χ3v) is 5.66. The Kier molecular flexibility index (Phi) is 7.95. The third-order valence-electron chi connectivity index (χ3n) is 5.66. The normalized spacial score (nSPS) is 11.7. The number of benzene rings is 2. The van der Waals surface area contributed by atoms with Crippen LogP contribution in [0.15, 0.2) is 66.9 Å². The van der Waals surface area contributed by atoms with Crippen LogP contribution in [0.1, 0.15) is 22.8 Å². The average Bonchev–Trinajstić information content (AvgIpc) is 3.26. The number of pyridine rings is 1. The summed E-state index contributed by atoms with van der Waals surface area (Å²) in [4.78, 5) is 41.0. The van der Waals surface area contributed by atoms with Crippen molar-refractivity contribution in [2.24, 2.45) is 0 Å². The zero-order chi connectivity index (χ0) is 27.2. The number of nitrogens with zero attached hydrogens (tertiary/aromatic N) is 2. The smallest absolute Gasteiger partial charge is 0.326 e. The molecule has 3 N–H and O–H groups in total. The van der Waals surface area contributed by atoms with Gasteiger partial charge in [-0.3, -0.25) is 14.0 Å². The van der Waals surface area contributed by atoms with Gasteiger partial charge >= 0.3 is 11.9 Å². The van der Waals surface area contributed by atoms with Crippen LogP contribution in [0.5, 0.6) is 0 Å². The molecule has 0 bridgehead atoms. The molecule has 0 spiro atoms. The fraction of sp³-hybridized carbons (Fsp3) is 0.185. The number of esters is 1. The first-order valence-corrected chi connectivity index (χ1v) is 11.7. The Balaban J connectivity index is 1.67. The highest BCUT2D eigenvalue weighted by molar-refractivity contribution is 5.97. The first-order valence-electron chi connectivity index (χ1n) is 11.7. The maximum Gasteiger partial charge on any atom is 0.326 e. The SMILES string of the molecule is CCOC(=O)CNc1c(-c2cc(F)ccc2F)nc2cc(C(=O)NC(Cc3ccccc3)C(=O)O)ccn12. The van der Waals surface area contributed by atoms with E-state index in [-0.39, 0.29) is 47.9 Å². The molecule has 0 fully saturated rings. The lowest BCUT2D eigenvalue weighted by Crippen LogP contribution is -2.42. The van der Waals surface area contributed by atoms with E-state index in [0.717, 1.165) is 23.8 Å². The van der Waals surface area contributed by atoms with Gasteiger partial charge in [-0.15, -0.1) is 0 Å². The van der Waals surface area contributed by atoms with E-state index in [1.54, 1.807) is 37.3 Å². The van der Waals surface area contributed by atoms with Crippen molar-refractivity contribution in [1.29, 1.82) is 0 Å². The highest BCUT2D eigenvalue weighted by atomic mass is 19.1. The highest BCUT2D eigenvalue weighted by Gasteiger charge is 2.23. The van der Waals surface area contributed by atoms with Crippen LogP contribution in [-0.4, -0.2) is 51.5 Å². The molecule has 0 aliphatic rings. The fourth-order valence-electron chi connectivity index (χ4n) is 3.88. The summed E-state index contributed by atoms with van der Waals surface area (Å²) in [7, 11) is 0.